The van der Waals surface area contributed by atoms with Gasteiger partial charge in [-0.25, -0.2) is 0 Å². The van der Waals surface area contributed by atoms with Gasteiger partial charge in [0.1, 0.15) is 0 Å². The summed E-state index contributed by atoms with van der Waals surface area (Å²) in [7, 11) is 0. The van der Waals surface area contributed by atoms with Gasteiger partial charge in [0.05, 0.1) is 0 Å². The highest BCUT2D eigenvalue weighted by Gasteiger charge is 2.15. The molecule has 228 valence electrons. The Bertz CT molecular complexity index is 389. The van der Waals surface area contributed by atoms with Crippen LogP contribution in [0.15, 0.2) is 0 Å². The van der Waals surface area contributed by atoms with Crippen molar-refractivity contribution >= 4 is 0 Å². The van der Waals surface area contributed by atoms with Gasteiger partial charge in [-0.2, -0.15) is 0 Å². The molecular weight excluding hydrogens is 464 g/mol. The second-order valence-electron chi connectivity index (χ2n) is 12.3. The fourth-order valence-corrected chi connectivity index (χ4v) is 5.99. The zero-order valence-corrected chi connectivity index (χ0v) is 27.0. The highest BCUT2D eigenvalue weighted by Crippen LogP contribution is 2.10. The Morgan fingerprint density at radius 2 is 0.526 bits per heavy atom. The number of nitrogens with zero attached hydrogens (tertiary/aromatic N) is 4. The lowest BCUT2D eigenvalue weighted by molar-refractivity contribution is 0.154. The van der Waals surface area contributed by atoms with Gasteiger partial charge in [-0.05, 0) is 90.9 Å². The van der Waals surface area contributed by atoms with Crippen molar-refractivity contribution in [2.75, 3.05) is 78.5 Å². The average molecular weight is 537 g/mol. The van der Waals surface area contributed by atoms with Gasteiger partial charge in [-0.1, -0.05) is 105 Å². The predicted molar refractivity (Wildman–Crippen MR) is 172 cm³/mol. The Kier molecular flexibility index (Phi) is 25.5. The van der Waals surface area contributed by atoms with E-state index < -0.39 is 0 Å². The fraction of sp³-hybridized carbons (Fsp3) is 1.00. The minimum absolute atomic E-state index is 1.27. The monoisotopic (exact) mass is 537 g/mol. The smallest absolute Gasteiger partial charge is 0.0109 e. The maximum absolute atomic E-state index is 2.83. The van der Waals surface area contributed by atoms with Crippen molar-refractivity contribution in [1.82, 2.24) is 19.6 Å². The molecule has 0 aromatic rings. The van der Waals surface area contributed by atoms with Crippen LogP contribution in [0.5, 0.6) is 0 Å². The third kappa shape index (κ3) is 20.7. The molecule has 0 saturated carbocycles. The molecule has 0 atom stereocenters. The largest absolute Gasteiger partial charge is 0.302 e. The second-order valence-corrected chi connectivity index (χ2v) is 12.3. The summed E-state index contributed by atoms with van der Waals surface area (Å²) >= 11 is 0. The van der Waals surface area contributed by atoms with Crippen molar-refractivity contribution in [2.45, 2.75) is 143 Å². The summed E-state index contributed by atoms with van der Waals surface area (Å²) in [5.41, 5.74) is 0. The first-order valence-corrected chi connectivity index (χ1v) is 17.6. The van der Waals surface area contributed by atoms with Crippen LogP contribution in [0.2, 0.25) is 0 Å². The van der Waals surface area contributed by atoms with E-state index in [2.05, 4.69) is 47.3 Å². The molecule has 0 aromatic carbocycles. The molecule has 0 spiro atoms. The minimum atomic E-state index is 1.27. The Morgan fingerprint density at radius 3 is 0.737 bits per heavy atom. The molecule has 1 saturated heterocycles. The highest BCUT2D eigenvalue weighted by atomic mass is 15.2. The predicted octanol–water partition coefficient (Wildman–Crippen LogP) is 8.31. The lowest BCUT2D eigenvalue weighted by Crippen LogP contribution is -2.42. The average Bonchev–Trinajstić information content (AvgIpc) is 2.93. The molecule has 0 aromatic heterocycles. The summed E-state index contributed by atoms with van der Waals surface area (Å²) < 4.78 is 0. The van der Waals surface area contributed by atoms with E-state index in [0.717, 1.165) is 0 Å². The molecule has 1 aliphatic heterocycles. The molecular formula is C34H72N4. The zero-order chi connectivity index (χ0) is 27.5. The van der Waals surface area contributed by atoms with Crippen LogP contribution in [0, 0.1) is 0 Å². The molecule has 0 aliphatic carbocycles. The van der Waals surface area contributed by atoms with Gasteiger partial charge in [0, 0.05) is 26.2 Å². The third-order valence-corrected chi connectivity index (χ3v) is 8.67. The van der Waals surface area contributed by atoms with Gasteiger partial charge < -0.3 is 19.6 Å². The Labute approximate surface area is 241 Å². The topological polar surface area (TPSA) is 13.0 Å². The van der Waals surface area contributed by atoms with Gasteiger partial charge in [0.2, 0.25) is 0 Å². The van der Waals surface area contributed by atoms with E-state index in [-0.39, 0.29) is 0 Å². The molecule has 4 heteroatoms. The standard InChI is InChI=1S/C34H72N4/c1-5-9-13-17-23-35-27-21-28-37(25-19-15-11-7-3)33-34-38(26-20-16-12-8-4)30-22-29-36(32-31-35)24-18-14-10-6-2/h5-34H2,1-4H3. The SMILES string of the molecule is CCCCCCN1CCCN(CCCCCC)CCN(CCCCCC)CCCN(CCCCCC)CC1. The molecule has 1 rings (SSSR count). The molecule has 1 fully saturated rings. The van der Waals surface area contributed by atoms with Crippen LogP contribution in [0.1, 0.15) is 143 Å². The summed E-state index contributed by atoms with van der Waals surface area (Å²) in [5.74, 6) is 0. The lowest BCUT2D eigenvalue weighted by atomic mass is 10.1. The van der Waals surface area contributed by atoms with Crippen molar-refractivity contribution in [3.8, 4) is 0 Å². The van der Waals surface area contributed by atoms with Gasteiger partial charge in [0.15, 0.2) is 0 Å². The molecule has 0 bridgehead atoms. The molecule has 0 amide bonds. The van der Waals surface area contributed by atoms with Crippen LogP contribution in [-0.4, -0.2) is 98.1 Å². The summed E-state index contributed by atoms with van der Waals surface area (Å²) in [5, 5.41) is 0. The highest BCUT2D eigenvalue weighted by molar-refractivity contribution is 4.71. The normalized spacial score (nSPS) is 18.6. The van der Waals surface area contributed by atoms with E-state index >= 15 is 0 Å². The van der Waals surface area contributed by atoms with Gasteiger partial charge >= 0.3 is 0 Å². The van der Waals surface area contributed by atoms with E-state index in [1.165, 1.54) is 194 Å². The van der Waals surface area contributed by atoms with E-state index in [1.54, 1.807) is 0 Å². The summed E-state index contributed by atoms with van der Waals surface area (Å²) in [4.78, 5) is 11.3. The molecule has 38 heavy (non-hydrogen) atoms. The van der Waals surface area contributed by atoms with Crippen LogP contribution < -0.4 is 0 Å². The molecule has 0 unspecified atom stereocenters. The van der Waals surface area contributed by atoms with E-state index in [1.807, 2.05) is 0 Å². The number of rotatable bonds is 20. The summed E-state index contributed by atoms with van der Waals surface area (Å²) in [6, 6.07) is 0. The maximum Gasteiger partial charge on any atom is 0.0109 e. The molecule has 0 N–H and O–H groups in total. The number of hydrogen-bond acceptors (Lipinski definition) is 4. The van der Waals surface area contributed by atoms with E-state index in [0.29, 0.717) is 0 Å². The number of unbranched alkanes of at least 4 members (excludes halogenated alkanes) is 12. The van der Waals surface area contributed by atoms with Crippen LogP contribution in [-0.2, 0) is 0 Å². The fourth-order valence-electron chi connectivity index (χ4n) is 5.99. The Balaban J connectivity index is 2.77. The van der Waals surface area contributed by atoms with Gasteiger partial charge in [-0.3, -0.25) is 0 Å². The Hall–Kier alpha value is -0.160. The van der Waals surface area contributed by atoms with E-state index in [9.17, 15) is 0 Å². The van der Waals surface area contributed by atoms with Crippen molar-refractivity contribution in [3.63, 3.8) is 0 Å². The Morgan fingerprint density at radius 1 is 0.289 bits per heavy atom. The molecule has 1 heterocycles. The maximum atomic E-state index is 2.83. The van der Waals surface area contributed by atoms with Crippen molar-refractivity contribution in [1.29, 1.82) is 0 Å². The van der Waals surface area contributed by atoms with Crippen LogP contribution in [0.3, 0.4) is 0 Å². The van der Waals surface area contributed by atoms with Crippen LogP contribution in [0.4, 0.5) is 0 Å². The first-order valence-electron chi connectivity index (χ1n) is 17.6. The first kappa shape index (κ1) is 35.9. The zero-order valence-electron chi connectivity index (χ0n) is 27.0. The van der Waals surface area contributed by atoms with Crippen LogP contribution >= 0.6 is 0 Å². The van der Waals surface area contributed by atoms with Crippen molar-refractivity contribution in [3.05, 3.63) is 0 Å². The van der Waals surface area contributed by atoms with Crippen molar-refractivity contribution in [2.24, 2.45) is 0 Å². The molecule has 4 nitrogen and oxygen atoms in total. The van der Waals surface area contributed by atoms with Gasteiger partial charge in [0.25, 0.3) is 0 Å². The third-order valence-electron chi connectivity index (χ3n) is 8.67. The summed E-state index contributed by atoms with van der Waals surface area (Å²) in [6.45, 7) is 24.9. The van der Waals surface area contributed by atoms with Crippen LogP contribution in [0.25, 0.3) is 0 Å². The quantitative estimate of drug-likeness (QED) is 0.145. The number of hydrogen-bond donors (Lipinski definition) is 0. The molecule has 1 aliphatic rings. The second kappa shape index (κ2) is 27.0. The first-order chi connectivity index (χ1) is 18.7. The van der Waals surface area contributed by atoms with E-state index in [4.69, 9.17) is 0 Å². The van der Waals surface area contributed by atoms with Gasteiger partial charge in [-0.15, -0.1) is 0 Å². The summed E-state index contributed by atoms with van der Waals surface area (Å²) in [6.07, 6.45) is 24.8. The molecule has 0 radical (unpaired) electrons. The van der Waals surface area contributed by atoms with Crippen molar-refractivity contribution < 1.29 is 0 Å². The lowest BCUT2D eigenvalue weighted by Gasteiger charge is -2.32. The minimum Gasteiger partial charge on any atom is -0.302 e.